The summed E-state index contributed by atoms with van der Waals surface area (Å²) in [5, 5.41) is 3.13. The second-order valence-electron chi connectivity index (χ2n) is 5.91. The molecule has 9 heteroatoms. The van der Waals surface area contributed by atoms with Gasteiger partial charge in [0.1, 0.15) is 0 Å². The molecule has 1 heterocycles. The van der Waals surface area contributed by atoms with Crippen molar-refractivity contribution in [2.45, 2.75) is 11.8 Å². The maximum absolute atomic E-state index is 12.6. The number of nitrogens with one attached hydrogen (secondary N) is 2. The number of benzene rings is 2. The zero-order chi connectivity index (χ0) is 20.3. The summed E-state index contributed by atoms with van der Waals surface area (Å²) < 4.78 is 27.6. The molecule has 2 N–H and O–H groups in total. The first-order chi connectivity index (χ1) is 13.3. The summed E-state index contributed by atoms with van der Waals surface area (Å²) >= 11 is 11.7. The van der Waals surface area contributed by atoms with E-state index in [-0.39, 0.29) is 32.1 Å². The molecule has 144 valence electrons. The number of carbonyl (C=O) groups excluding carboxylic acids is 1. The predicted molar refractivity (Wildman–Crippen MR) is 111 cm³/mol. The lowest BCUT2D eigenvalue weighted by atomic mass is 10.2. The molecule has 0 radical (unpaired) electrons. The Hall–Kier alpha value is -2.61. The highest BCUT2D eigenvalue weighted by Crippen LogP contribution is 2.26. The van der Waals surface area contributed by atoms with Gasteiger partial charge < -0.3 is 5.32 Å². The summed E-state index contributed by atoms with van der Waals surface area (Å²) in [5.41, 5.74) is 1.97. The highest BCUT2D eigenvalue weighted by atomic mass is 35.5. The van der Waals surface area contributed by atoms with Crippen LogP contribution in [-0.4, -0.2) is 19.3 Å². The third-order valence-corrected chi connectivity index (χ3v) is 5.98. The fourth-order valence-corrected chi connectivity index (χ4v) is 3.81. The highest BCUT2D eigenvalue weighted by Gasteiger charge is 2.17. The third kappa shape index (κ3) is 4.62. The number of aromatic nitrogens is 1. The van der Waals surface area contributed by atoms with Crippen molar-refractivity contribution >= 4 is 50.5 Å². The van der Waals surface area contributed by atoms with Crippen LogP contribution in [0.3, 0.4) is 0 Å². The summed E-state index contributed by atoms with van der Waals surface area (Å²) in [7, 11) is -3.90. The van der Waals surface area contributed by atoms with Crippen LogP contribution in [0.15, 0.2) is 65.8 Å². The minimum absolute atomic E-state index is 0.0391. The molecule has 0 unspecified atom stereocenters. The quantitative estimate of drug-likeness (QED) is 0.604. The summed E-state index contributed by atoms with van der Waals surface area (Å²) in [4.78, 5) is 16.4. The predicted octanol–water partition coefficient (Wildman–Crippen LogP) is 4.75. The van der Waals surface area contributed by atoms with Gasteiger partial charge in [-0.2, -0.15) is 0 Å². The van der Waals surface area contributed by atoms with E-state index in [1.807, 2.05) is 6.92 Å². The Labute approximate surface area is 172 Å². The summed E-state index contributed by atoms with van der Waals surface area (Å²) in [6, 6.07) is 11.9. The van der Waals surface area contributed by atoms with Gasteiger partial charge in [-0.3, -0.25) is 14.5 Å². The standard InChI is InChI=1S/C19H15Cl2N3O3S/c1-12-7-8-22-11-18(12)23-19(25)13-3-2-4-14(9-13)24-28(26,27)15-5-6-16(20)17(21)10-15/h2-11,24H,1H3,(H,23,25). The number of amides is 1. The van der Waals surface area contributed by atoms with Crippen LogP contribution in [0.2, 0.25) is 10.0 Å². The lowest BCUT2D eigenvalue weighted by molar-refractivity contribution is 0.102. The number of nitrogens with zero attached hydrogens (tertiary/aromatic N) is 1. The Kier molecular flexibility index (Phi) is 5.88. The molecule has 3 rings (SSSR count). The molecule has 0 saturated heterocycles. The van der Waals surface area contributed by atoms with Crippen molar-refractivity contribution in [2.24, 2.45) is 0 Å². The molecule has 6 nitrogen and oxygen atoms in total. The minimum Gasteiger partial charge on any atom is -0.320 e. The van der Waals surface area contributed by atoms with E-state index < -0.39 is 10.0 Å². The number of rotatable bonds is 5. The average molecular weight is 436 g/mol. The topological polar surface area (TPSA) is 88.2 Å². The van der Waals surface area contributed by atoms with Crippen LogP contribution in [0.4, 0.5) is 11.4 Å². The Balaban J connectivity index is 1.82. The highest BCUT2D eigenvalue weighted by molar-refractivity contribution is 7.92. The van der Waals surface area contributed by atoms with Gasteiger partial charge in [-0.05, 0) is 55.0 Å². The second-order valence-corrected chi connectivity index (χ2v) is 8.40. The van der Waals surface area contributed by atoms with E-state index in [0.717, 1.165) is 5.56 Å². The molecule has 28 heavy (non-hydrogen) atoms. The molecule has 1 aromatic heterocycles. The molecule has 0 aliphatic heterocycles. The number of carbonyl (C=O) groups is 1. The van der Waals surface area contributed by atoms with Gasteiger partial charge in [-0.25, -0.2) is 8.42 Å². The SMILES string of the molecule is Cc1ccncc1NC(=O)c1cccc(NS(=O)(=O)c2ccc(Cl)c(Cl)c2)c1. The van der Waals surface area contributed by atoms with Crippen LogP contribution >= 0.6 is 23.2 Å². The zero-order valence-corrected chi connectivity index (χ0v) is 16.9. The summed E-state index contributed by atoms with van der Waals surface area (Å²) in [6.45, 7) is 1.85. The number of anilines is 2. The number of pyridine rings is 1. The zero-order valence-electron chi connectivity index (χ0n) is 14.6. The normalized spacial score (nSPS) is 11.1. The van der Waals surface area contributed by atoms with Crippen LogP contribution < -0.4 is 10.0 Å². The van der Waals surface area contributed by atoms with Gasteiger partial charge in [0.2, 0.25) is 0 Å². The van der Waals surface area contributed by atoms with Crippen molar-refractivity contribution in [3.8, 4) is 0 Å². The van der Waals surface area contributed by atoms with Gasteiger partial charge in [0, 0.05) is 17.4 Å². The molecule has 0 atom stereocenters. The fourth-order valence-electron chi connectivity index (χ4n) is 2.37. The second kappa shape index (κ2) is 8.18. The van der Waals surface area contributed by atoms with E-state index in [1.165, 1.54) is 24.3 Å². The maximum Gasteiger partial charge on any atom is 0.261 e. The van der Waals surface area contributed by atoms with Crippen molar-refractivity contribution in [3.63, 3.8) is 0 Å². The van der Waals surface area contributed by atoms with E-state index in [1.54, 1.807) is 36.7 Å². The molecule has 0 aliphatic carbocycles. The fraction of sp³-hybridized carbons (Fsp3) is 0.0526. The van der Waals surface area contributed by atoms with Crippen molar-refractivity contribution in [1.29, 1.82) is 0 Å². The van der Waals surface area contributed by atoms with Crippen LogP contribution in [-0.2, 0) is 10.0 Å². The molecule has 1 amide bonds. The van der Waals surface area contributed by atoms with Gasteiger partial charge >= 0.3 is 0 Å². The lowest BCUT2D eigenvalue weighted by Gasteiger charge is -2.11. The van der Waals surface area contributed by atoms with Crippen molar-refractivity contribution in [2.75, 3.05) is 10.0 Å². The van der Waals surface area contributed by atoms with Crippen LogP contribution in [0.1, 0.15) is 15.9 Å². The Morgan fingerprint density at radius 2 is 1.82 bits per heavy atom. The van der Waals surface area contributed by atoms with Crippen molar-refractivity contribution in [3.05, 3.63) is 82.1 Å². The Morgan fingerprint density at radius 1 is 1.04 bits per heavy atom. The minimum atomic E-state index is -3.90. The first-order valence-corrected chi connectivity index (χ1v) is 10.3. The van der Waals surface area contributed by atoms with Crippen LogP contribution in [0.25, 0.3) is 0 Å². The van der Waals surface area contributed by atoms with Crippen LogP contribution in [0, 0.1) is 6.92 Å². The van der Waals surface area contributed by atoms with Gasteiger partial charge in [0.05, 0.1) is 26.8 Å². The van der Waals surface area contributed by atoms with Gasteiger partial charge in [-0.15, -0.1) is 0 Å². The number of aryl methyl sites for hydroxylation is 1. The van der Waals surface area contributed by atoms with Gasteiger partial charge in [-0.1, -0.05) is 29.3 Å². The van der Waals surface area contributed by atoms with Crippen molar-refractivity contribution < 1.29 is 13.2 Å². The molecular weight excluding hydrogens is 421 g/mol. The molecule has 0 fully saturated rings. The Morgan fingerprint density at radius 3 is 2.54 bits per heavy atom. The summed E-state index contributed by atoms with van der Waals surface area (Å²) in [5.74, 6) is -0.383. The molecule has 3 aromatic rings. The number of hydrogen-bond acceptors (Lipinski definition) is 4. The number of halogens is 2. The first kappa shape index (κ1) is 20.1. The molecule has 0 aliphatic rings. The van der Waals surface area contributed by atoms with E-state index in [4.69, 9.17) is 23.2 Å². The third-order valence-electron chi connectivity index (χ3n) is 3.87. The average Bonchev–Trinajstić information content (AvgIpc) is 2.65. The monoisotopic (exact) mass is 435 g/mol. The Bertz CT molecular complexity index is 1150. The molecule has 0 saturated carbocycles. The first-order valence-electron chi connectivity index (χ1n) is 8.06. The van der Waals surface area contributed by atoms with Crippen LogP contribution in [0.5, 0.6) is 0 Å². The molecular formula is C19H15Cl2N3O3S. The van der Waals surface area contributed by atoms with E-state index in [0.29, 0.717) is 5.69 Å². The molecule has 2 aromatic carbocycles. The van der Waals surface area contributed by atoms with E-state index >= 15 is 0 Å². The lowest BCUT2D eigenvalue weighted by Crippen LogP contribution is -2.15. The van der Waals surface area contributed by atoms with Crippen molar-refractivity contribution in [1.82, 2.24) is 4.98 Å². The largest absolute Gasteiger partial charge is 0.320 e. The van der Waals surface area contributed by atoms with E-state index in [2.05, 4.69) is 15.0 Å². The summed E-state index contributed by atoms with van der Waals surface area (Å²) in [6.07, 6.45) is 3.17. The van der Waals surface area contributed by atoms with Gasteiger partial charge in [0.25, 0.3) is 15.9 Å². The molecule has 0 bridgehead atoms. The molecule has 0 spiro atoms. The maximum atomic E-state index is 12.6. The number of sulfonamides is 1. The van der Waals surface area contributed by atoms with Gasteiger partial charge in [0.15, 0.2) is 0 Å². The van der Waals surface area contributed by atoms with E-state index in [9.17, 15) is 13.2 Å². The smallest absolute Gasteiger partial charge is 0.261 e. The number of hydrogen-bond donors (Lipinski definition) is 2.